The molecule has 0 N–H and O–H groups in total. The van der Waals surface area contributed by atoms with Gasteiger partial charge in [-0.1, -0.05) is 26.7 Å². The molecule has 98 valence electrons. The topological polar surface area (TPSA) is 65.3 Å². The van der Waals surface area contributed by atoms with Crippen LogP contribution in [0.25, 0.3) is 0 Å². The average molecular weight is 250 g/mol. The van der Waals surface area contributed by atoms with Crippen LogP contribution in [0.5, 0.6) is 5.75 Å². The van der Waals surface area contributed by atoms with Crippen molar-refractivity contribution < 1.29 is 9.66 Å². The molecule has 0 spiro atoms. The van der Waals surface area contributed by atoms with Gasteiger partial charge in [-0.15, -0.1) is 0 Å². The number of hydrogen-bond donors (Lipinski definition) is 0. The molecule has 0 saturated heterocycles. The Morgan fingerprint density at radius 1 is 1.44 bits per heavy atom. The third kappa shape index (κ3) is 2.44. The highest BCUT2D eigenvalue weighted by molar-refractivity contribution is 5.27. The molecule has 0 aliphatic heterocycles. The Morgan fingerprint density at radius 2 is 2.11 bits per heavy atom. The van der Waals surface area contributed by atoms with Crippen molar-refractivity contribution >= 4 is 5.82 Å². The minimum atomic E-state index is -0.508. The summed E-state index contributed by atoms with van der Waals surface area (Å²) in [4.78, 5) is 13.7. The molecule has 0 amide bonds. The van der Waals surface area contributed by atoms with Gasteiger partial charge in [-0.25, -0.2) is 0 Å². The Bertz CT molecular complexity index is 418. The first-order valence-electron chi connectivity index (χ1n) is 6.35. The maximum Gasteiger partial charge on any atom is 0.363 e. The van der Waals surface area contributed by atoms with E-state index in [1.165, 1.54) is 25.1 Å². The third-order valence-electron chi connectivity index (χ3n) is 4.03. The SMILES string of the molecule is CCC1(CC)CC(Oc2ccc([N+](=O)[O-])nc2)C1. The van der Waals surface area contributed by atoms with Gasteiger partial charge in [-0.2, -0.15) is 0 Å². The van der Waals surface area contributed by atoms with Crippen molar-refractivity contribution in [3.8, 4) is 5.75 Å². The van der Waals surface area contributed by atoms with Crippen LogP contribution >= 0.6 is 0 Å². The zero-order valence-electron chi connectivity index (χ0n) is 10.8. The fourth-order valence-electron chi connectivity index (χ4n) is 2.56. The van der Waals surface area contributed by atoms with Crippen LogP contribution in [-0.2, 0) is 0 Å². The molecule has 0 bridgehead atoms. The molecule has 0 aromatic carbocycles. The summed E-state index contributed by atoms with van der Waals surface area (Å²) in [6.07, 6.45) is 6.15. The van der Waals surface area contributed by atoms with E-state index < -0.39 is 4.92 Å². The fraction of sp³-hybridized carbons (Fsp3) is 0.615. The Hall–Kier alpha value is -1.65. The molecule has 1 aromatic rings. The molecule has 0 atom stereocenters. The van der Waals surface area contributed by atoms with Crippen molar-refractivity contribution in [3.05, 3.63) is 28.4 Å². The molecule has 5 heteroatoms. The van der Waals surface area contributed by atoms with Gasteiger partial charge in [0.05, 0.1) is 6.10 Å². The van der Waals surface area contributed by atoms with Crippen LogP contribution in [0.4, 0.5) is 5.82 Å². The summed E-state index contributed by atoms with van der Waals surface area (Å²) in [7, 11) is 0. The lowest BCUT2D eigenvalue weighted by molar-refractivity contribution is -0.389. The first-order chi connectivity index (χ1) is 8.58. The standard InChI is InChI=1S/C13H18N2O3/c1-3-13(4-2)7-11(8-13)18-10-5-6-12(14-9-10)15(16)17/h5-6,9,11H,3-4,7-8H2,1-2H3. The van der Waals surface area contributed by atoms with Crippen LogP contribution in [0.1, 0.15) is 39.5 Å². The molecule has 1 fully saturated rings. The number of ether oxygens (including phenoxy) is 1. The first kappa shape index (κ1) is 12.8. The van der Waals surface area contributed by atoms with Gasteiger partial charge >= 0.3 is 5.82 Å². The normalized spacial score (nSPS) is 18.1. The summed E-state index contributed by atoms with van der Waals surface area (Å²) in [5.41, 5.74) is 0.443. The molecule has 2 rings (SSSR count). The van der Waals surface area contributed by atoms with E-state index in [1.54, 1.807) is 6.07 Å². The van der Waals surface area contributed by atoms with Gasteiger partial charge in [0, 0.05) is 6.07 Å². The molecule has 1 saturated carbocycles. The quantitative estimate of drug-likeness (QED) is 0.593. The lowest BCUT2D eigenvalue weighted by Crippen LogP contribution is -2.43. The zero-order chi connectivity index (χ0) is 13.2. The summed E-state index contributed by atoms with van der Waals surface area (Å²) in [6, 6.07) is 2.99. The molecule has 1 aromatic heterocycles. The van der Waals surface area contributed by atoms with Gasteiger partial charge in [0.2, 0.25) is 0 Å². The van der Waals surface area contributed by atoms with E-state index >= 15 is 0 Å². The number of pyridine rings is 1. The van der Waals surface area contributed by atoms with Crippen LogP contribution in [0.2, 0.25) is 0 Å². The molecule has 1 heterocycles. The lowest BCUT2D eigenvalue weighted by atomic mass is 9.63. The number of hydrogen-bond acceptors (Lipinski definition) is 4. The van der Waals surface area contributed by atoms with Crippen LogP contribution in [-0.4, -0.2) is 16.0 Å². The van der Waals surface area contributed by atoms with Crippen LogP contribution in [0.3, 0.4) is 0 Å². The Kier molecular flexibility index (Phi) is 3.50. The van der Waals surface area contributed by atoms with Crippen molar-refractivity contribution in [2.24, 2.45) is 5.41 Å². The number of nitrogens with zero attached hydrogens (tertiary/aromatic N) is 2. The van der Waals surface area contributed by atoms with Gasteiger partial charge in [0.1, 0.15) is 0 Å². The molecule has 1 aliphatic carbocycles. The van der Waals surface area contributed by atoms with Crippen LogP contribution in [0.15, 0.2) is 18.3 Å². The molecular weight excluding hydrogens is 232 g/mol. The second-order valence-corrected chi connectivity index (χ2v) is 4.96. The molecule has 18 heavy (non-hydrogen) atoms. The Labute approximate surface area is 106 Å². The predicted molar refractivity (Wildman–Crippen MR) is 67.6 cm³/mol. The Balaban J connectivity index is 1.90. The Morgan fingerprint density at radius 3 is 2.56 bits per heavy atom. The highest BCUT2D eigenvalue weighted by atomic mass is 16.6. The van der Waals surface area contributed by atoms with E-state index in [4.69, 9.17) is 4.74 Å². The molecule has 0 radical (unpaired) electrons. The highest BCUT2D eigenvalue weighted by Crippen LogP contribution is 2.48. The molecule has 5 nitrogen and oxygen atoms in total. The summed E-state index contributed by atoms with van der Waals surface area (Å²) >= 11 is 0. The number of rotatable bonds is 5. The summed E-state index contributed by atoms with van der Waals surface area (Å²) in [5.74, 6) is 0.471. The summed E-state index contributed by atoms with van der Waals surface area (Å²) in [6.45, 7) is 4.43. The van der Waals surface area contributed by atoms with Crippen molar-refractivity contribution in [1.82, 2.24) is 4.98 Å². The van der Waals surface area contributed by atoms with E-state index in [-0.39, 0.29) is 11.9 Å². The molecule has 1 aliphatic rings. The van der Waals surface area contributed by atoms with Gasteiger partial charge < -0.3 is 14.9 Å². The zero-order valence-corrected chi connectivity index (χ0v) is 10.8. The monoisotopic (exact) mass is 250 g/mol. The summed E-state index contributed by atoms with van der Waals surface area (Å²) in [5, 5.41) is 10.5. The van der Waals surface area contributed by atoms with E-state index in [0.717, 1.165) is 12.8 Å². The minimum absolute atomic E-state index is 0.146. The first-order valence-corrected chi connectivity index (χ1v) is 6.35. The maximum absolute atomic E-state index is 10.5. The van der Waals surface area contributed by atoms with Crippen LogP contribution < -0.4 is 4.74 Å². The summed E-state index contributed by atoms with van der Waals surface area (Å²) < 4.78 is 5.76. The number of aromatic nitrogens is 1. The second-order valence-electron chi connectivity index (χ2n) is 4.96. The second kappa shape index (κ2) is 4.92. The molecule has 0 unspecified atom stereocenters. The lowest BCUT2D eigenvalue weighted by Gasteiger charge is -2.46. The van der Waals surface area contributed by atoms with Crippen molar-refractivity contribution in [2.75, 3.05) is 0 Å². The highest BCUT2D eigenvalue weighted by Gasteiger charge is 2.42. The van der Waals surface area contributed by atoms with Gasteiger partial charge in [0.25, 0.3) is 0 Å². The van der Waals surface area contributed by atoms with E-state index in [2.05, 4.69) is 18.8 Å². The van der Waals surface area contributed by atoms with E-state index in [0.29, 0.717) is 11.2 Å². The van der Waals surface area contributed by atoms with Gasteiger partial charge in [-0.05, 0) is 34.2 Å². The van der Waals surface area contributed by atoms with Crippen LogP contribution in [0, 0.1) is 15.5 Å². The maximum atomic E-state index is 10.5. The van der Waals surface area contributed by atoms with Gasteiger partial charge in [-0.3, -0.25) is 0 Å². The largest absolute Gasteiger partial charge is 0.486 e. The fourth-order valence-corrected chi connectivity index (χ4v) is 2.56. The smallest absolute Gasteiger partial charge is 0.363 e. The minimum Gasteiger partial charge on any atom is -0.486 e. The van der Waals surface area contributed by atoms with Crippen molar-refractivity contribution in [2.45, 2.75) is 45.6 Å². The predicted octanol–water partition coefficient (Wildman–Crippen LogP) is 3.34. The van der Waals surface area contributed by atoms with Crippen molar-refractivity contribution in [3.63, 3.8) is 0 Å². The van der Waals surface area contributed by atoms with Gasteiger partial charge in [0.15, 0.2) is 11.9 Å². The van der Waals surface area contributed by atoms with Crippen molar-refractivity contribution in [1.29, 1.82) is 0 Å². The molecular formula is C13H18N2O3. The van der Waals surface area contributed by atoms with E-state index in [1.807, 2.05) is 0 Å². The van der Waals surface area contributed by atoms with E-state index in [9.17, 15) is 10.1 Å². The third-order valence-corrected chi connectivity index (χ3v) is 4.03. The average Bonchev–Trinajstić information content (AvgIpc) is 2.34. The number of nitro groups is 1.